The van der Waals surface area contributed by atoms with Crippen LogP contribution in [0.1, 0.15) is 63.4 Å². The molecule has 1 fully saturated rings. The third kappa shape index (κ3) is 12.2. The predicted octanol–water partition coefficient (Wildman–Crippen LogP) is 2.11. The number of primary amides is 1. The SMILES string of the molecule is [N-]=[N+]=NCCCC[C@H](NC(=O)CCCCCNC(=O)CN(Cc1ccccc1)C(=O)C1CCN(C(=O)n2ccnn2)CC1)C(N)=O. The molecule has 248 valence electrons. The second-order valence-electron chi connectivity index (χ2n) is 11.2. The standard InChI is InChI=1S/C30H43N11O5/c31-28(44)25(11-6-8-16-34-37-32)36-26(42)12-5-2-7-15-33-27(43)22-40(21-23-9-3-1-4-10-23)29(45)24-13-18-39(19-14-24)30(46)41-20-17-35-38-41/h1,3-4,9-10,17,20,24-25H,2,5-8,11-16,18-19,21-22H2,(H2,31,44)(H,33,43)(H,36,42)/t25-/m0/s1. The Morgan fingerprint density at radius 1 is 1.04 bits per heavy atom. The van der Waals surface area contributed by atoms with E-state index >= 15 is 0 Å². The Balaban J connectivity index is 1.39. The monoisotopic (exact) mass is 637 g/mol. The van der Waals surface area contributed by atoms with E-state index in [-0.39, 0.29) is 42.6 Å². The number of carbonyl (C=O) groups is 5. The number of rotatable bonds is 18. The normalized spacial score (nSPS) is 13.7. The summed E-state index contributed by atoms with van der Waals surface area (Å²) in [4.78, 5) is 68.9. The number of hydrogen-bond acceptors (Lipinski definition) is 8. The van der Waals surface area contributed by atoms with Crippen molar-refractivity contribution < 1.29 is 24.0 Å². The smallest absolute Gasteiger partial charge is 0.346 e. The van der Waals surface area contributed by atoms with Gasteiger partial charge in [-0.25, -0.2) is 4.79 Å². The van der Waals surface area contributed by atoms with Crippen molar-refractivity contribution in [2.45, 2.75) is 70.4 Å². The number of nitrogens with one attached hydrogen (secondary N) is 2. The maximum atomic E-state index is 13.6. The Hall–Kier alpha value is -4.98. The van der Waals surface area contributed by atoms with Crippen molar-refractivity contribution in [3.8, 4) is 0 Å². The van der Waals surface area contributed by atoms with E-state index in [1.807, 2.05) is 30.3 Å². The van der Waals surface area contributed by atoms with Crippen LogP contribution in [0.15, 0.2) is 47.8 Å². The summed E-state index contributed by atoms with van der Waals surface area (Å²) >= 11 is 0. The summed E-state index contributed by atoms with van der Waals surface area (Å²) < 4.78 is 1.17. The fourth-order valence-electron chi connectivity index (χ4n) is 5.22. The summed E-state index contributed by atoms with van der Waals surface area (Å²) in [6, 6.07) is 8.42. The van der Waals surface area contributed by atoms with E-state index in [4.69, 9.17) is 11.3 Å². The van der Waals surface area contributed by atoms with Crippen LogP contribution < -0.4 is 16.4 Å². The van der Waals surface area contributed by atoms with Gasteiger partial charge in [0.05, 0.1) is 18.9 Å². The first-order valence-electron chi connectivity index (χ1n) is 15.6. The van der Waals surface area contributed by atoms with Gasteiger partial charge in [-0.3, -0.25) is 19.2 Å². The number of nitrogens with zero attached hydrogens (tertiary/aromatic N) is 8. The van der Waals surface area contributed by atoms with Crippen LogP contribution in [0.4, 0.5) is 4.79 Å². The highest BCUT2D eigenvalue weighted by atomic mass is 16.2. The average molecular weight is 638 g/mol. The fourth-order valence-corrected chi connectivity index (χ4v) is 5.22. The molecule has 16 nitrogen and oxygen atoms in total. The Morgan fingerprint density at radius 2 is 1.80 bits per heavy atom. The molecule has 16 heteroatoms. The minimum absolute atomic E-state index is 0.0917. The topological polar surface area (TPSA) is 221 Å². The van der Waals surface area contributed by atoms with E-state index in [1.54, 1.807) is 9.80 Å². The minimum atomic E-state index is -0.769. The van der Waals surface area contributed by atoms with Crippen LogP contribution in [0.5, 0.6) is 0 Å². The first-order valence-corrected chi connectivity index (χ1v) is 15.6. The fraction of sp³-hybridized carbons (Fsp3) is 0.567. The second-order valence-corrected chi connectivity index (χ2v) is 11.2. The zero-order valence-electron chi connectivity index (χ0n) is 26.0. The van der Waals surface area contributed by atoms with Crippen molar-refractivity contribution in [3.63, 3.8) is 0 Å². The number of aromatic nitrogens is 3. The van der Waals surface area contributed by atoms with Crippen LogP contribution in [0.25, 0.3) is 10.4 Å². The van der Waals surface area contributed by atoms with Gasteiger partial charge in [-0.15, -0.1) is 5.10 Å². The van der Waals surface area contributed by atoms with E-state index in [1.165, 1.54) is 17.1 Å². The Bertz CT molecular complexity index is 1320. The first kappa shape index (κ1) is 35.5. The molecule has 2 aromatic rings. The molecule has 1 aliphatic rings. The lowest BCUT2D eigenvalue weighted by Crippen LogP contribution is -2.47. The molecule has 0 saturated carbocycles. The molecule has 1 atom stereocenters. The summed E-state index contributed by atoms with van der Waals surface area (Å²) in [5, 5.41) is 16.4. The molecular formula is C30H43N11O5. The Labute approximate surface area is 267 Å². The van der Waals surface area contributed by atoms with Gasteiger partial charge in [0.15, 0.2) is 0 Å². The molecule has 0 unspecified atom stereocenters. The third-order valence-corrected chi connectivity index (χ3v) is 7.74. The van der Waals surface area contributed by atoms with Crippen LogP contribution >= 0.6 is 0 Å². The minimum Gasteiger partial charge on any atom is -0.368 e. The zero-order valence-corrected chi connectivity index (χ0v) is 26.0. The summed E-state index contributed by atoms with van der Waals surface area (Å²) in [6.07, 6.45) is 7.56. The number of amides is 5. The van der Waals surface area contributed by atoms with Crippen molar-refractivity contribution >= 4 is 29.7 Å². The average Bonchev–Trinajstić information content (AvgIpc) is 3.60. The van der Waals surface area contributed by atoms with Gasteiger partial charge in [0, 0.05) is 50.0 Å². The quantitative estimate of drug-likeness (QED) is 0.0955. The maximum absolute atomic E-state index is 13.6. The molecular weight excluding hydrogens is 594 g/mol. The van der Waals surface area contributed by atoms with Crippen molar-refractivity contribution in [1.29, 1.82) is 0 Å². The number of unbranched alkanes of at least 4 members (excludes halogenated alkanes) is 3. The second kappa shape index (κ2) is 19.4. The van der Waals surface area contributed by atoms with Crippen LogP contribution in [-0.4, -0.2) is 93.2 Å². The van der Waals surface area contributed by atoms with Gasteiger partial charge < -0.3 is 26.2 Å². The molecule has 1 aromatic carbocycles. The number of carbonyl (C=O) groups excluding carboxylic acids is 5. The first-order chi connectivity index (χ1) is 22.3. The van der Waals surface area contributed by atoms with Crippen LogP contribution in [-0.2, 0) is 25.7 Å². The van der Waals surface area contributed by atoms with Crippen molar-refractivity contribution in [2.75, 3.05) is 32.7 Å². The molecule has 1 aliphatic heterocycles. The largest absolute Gasteiger partial charge is 0.368 e. The molecule has 0 spiro atoms. The third-order valence-electron chi connectivity index (χ3n) is 7.74. The van der Waals surface area contributed by atoms with Crippen LogP contribution in [0.2, 0.25) is 0 Å². The summed E-state index contributed by atoms with van der Waals surface area (Å²) in [6.45, 7) is 1.72. The van der Waals surface area contributed by atoms with Gasteiger partial charge in [-0.1, -0.05) is 53.5 Å². The van der Waals surface area contributed by atoms with Crippen molar-refractivity contribution in [3.05, 3.63) is 58.7 Å². The highest BCUT2D eigenvalue weighted by Crippen LogP contribution is 2.21. The summed E-state index contributed by atoms with van der Waals surface area (Å²) in [7, 11) is 0. The molecule has 1 saturated heterocycles. The highest BCUT2D eigenvalue weighted by Gasteiger charge is 2.31. The Kier molecular flexibility index (Phi) is 15.0. The van der Waals surface area contributed by atoms with Gasteiger partial charge >= 0.3 is 6.03 Å². The molecule has 0 aliphatic carbocycles. The molecule has 2 heterocycles. The lowest BCUT2D eigenvalue weighted by molar-refractivity contribution is -0.141. The van der Waals surface area contributed by atoms with Crippen LogP contribution in [0.3, 0.4) is 0 Å². The molecule has 1 aromatic heterocycles. The molecule has 5 amide bonds. The van der Waals surface area contributed by atoms with Gasteiger partial charge in [0.2, 0.25) is 23.6 Å². The zero-order chi connectivity index (χ0) is 33.1. The summed E-state index contributed by atoms with van der Waals surface area (Å²) in [5.74, 6) is -1.59. The number of azide groups is 1. The molecule has 3 rings (SSSR count). The van der Waals surface area contributed by atoms with E-state index < -0.39 is 11.9 Å². The van der Waals surface area contributed by atoms with Gasteiger partial charge in [-0.2, -0.15) is 4.68 Å². The Morgan fingerprint density at radius 3 is 2.48 bits per heavy atom. The van der Waals surface area contributed by atoms with Gasteiger partial charge in [-0.05, 0) is 49.6 Å². The number of piperidine rings is 1. The van der Waals surface area contributed by atoms with E-state index in [9.17, 15) is 24.0 Å². The van der Waals surface area contributed by atoms with Gasteiger partial charge in [0.1, 0.15) is 6.04 Å². The number of benzene rings is 1. The van der Waals surface area contributed by atoms with E-state index in [2.05, 4.69) is 31.0 Å². The lowest BCUT2D eigenvalue weighted by atomic mass is 9.95. The van der Waals surface area contributed by atoms with Crippen molar-refractivity contribution in [1.82, 2.24) is 35.4 Å². The number of hydrogen-bond donors (Lipinski definition) is 3. The molecule has 46 heavy (non-hydrogen) atoms. The molecule has 4 N–H and O–H groups in total. The maximum Gasteiger partial charge on any atom is 0.346 e. The van der Waals surface area contributed by atoms with E-state index in [0.29, 0.717) is 84.1 Å². The predicted molar refractivity (Wildman–Crippen MR) is 167 cm³/mol. The highest BCUT2D eigenvalue weighted by molar-refractivity contribution is 5.87. The van der Waals surface area contributed by atoms with Gasteiger partial charge in [0.25, 0.3) is 0 Å². The summed E-state index contributed by atoms with van der Waals surface area (Å²) in [5.41, 5.74) is 14.6. The number of nitrogens with two attached hydrogens (primary N) is 1. The van der Waals surface area contributed by atoms with Crippen LogP contribution in [0, 0.1) is 5.92 Å². The molecule has 0 bridgehead atoms. The van der Waals surface area contributed by atoms with E-state index in [0.717, 1.165) is 5.56 Å². The lowest BCUT2D eigenvalue weighted by Gasteiger charge is -2.33. The van der Waals surface area contributed by atoms with Crippen molar-refractivity contribution in [2.24, 2.45) is 16.8 Å². The molecule has 0 radical (unpaired) electrons. The number of likely N-dealkylation sites (tertiary alicyclic amines) is 1.